The molecule has 1 saturated heterocycles. The third-order valence-corrected chi connectivity index (χ3v) is 7.89. The Morgan fingerprint density at radius 1 is 1.06 bits per heavy atom. The van der Waals surface area contributed by atoms with Crippen molar-refractivity contribution < 1.29 is 17.9 Å². The Morgan fingerprint density at radius 2 is 1.75 bits per heavy atom. The van der Waals surface area contributed by atoms with Crippen molar-refractivity contribution in [3.63, 3.8) is 0 Å². The van der Waals surface area contributed by atoms with Crippen LogP contribution < -0.4 is 9.64 Å². The fourth-order valence-electron chi connectivity index (χ4n) is 4.11. The molecule has 0 bridgehead atoms. The smallest absolute Gasteiger partial charge is 0.239 e. The van der Waals surface area contributed by atoms with Crippen LogP contribution in [0.1, 0.15) is 24.0 Å². The molecule has 7 nitrogen and oxygen atoms in total. The number of piperazine rings is 1. The Hall–Kier alpha value is -2.58. The van der Waals surface area contributed by atoms with Crippen LogP contribution in [0, 0.1) is 6.92 Å². The van der Waals surface area contributed by atoms with Crippen molar-refractivity contribution in [1.29, 1.82) is 0 Å². The molecule has 4 rings (SSSR count). The summed E-state index contributed by atoms with van der Waals surface area (Å²) in [5.74, 6) is -0.0285. The second-order valence-electron chi connectivity index (χ2n) is 8.58. The number of ether oxygens (including phenoxy) is 1. The number of amides is 1. The fourth-order valence-corrected chi connectivity index (χ4v) is 5.49. The van der Waals surface area contributed by atoms with Gasteiger partial charge in [0.2, 0.25) is 15.9 Å². The lowest BCUT2D eigenvalue weighted by molar-refractivity contribution is -0.129. The average molecular weight is 458 g/mol. The van der Waals surface area contributed by atoms with E-state index in [1.54, 1.807) is 12.0 Å². The molecule has 8 heteroatoms. The highest BCUT2D eigenvalue weighted by atomic mass is 32.2. The van der Waals surface area contributed by atoms with Crippen LogP contribution in [0.15, 0.2) is 48.5 Å². The number of carbonyl (C=O) groups is 1. The Morgan fingerprint density at radius 3 is 2.34 bits per heavy atom. The van der Waals surface area contributed by atoms with Gasteiger partial charge in [0.15, 0.2) is 0 Å². The van der Waals surface area contributed by atoms with E-state index in [1.165, 1.54) is 9.87 Å². The topological polar surface area (TPSA) is 70.2 Å². The Bertz CT molecular complexity index is 1040. The second-order valence-corrected chi connectivity index (χ2v) is 10.6. The number of methoxy groups -OCH3 is 1. The summed E-state index contributed by atoms with van der Waals surface area (Å²) in [7, 11) is -2.04. The van der Waals surface area contributed by atoms with Crippen LogP contribution >= 0.6 is 0 Å². The predicted molar refractivity (Wildman–Crippen MR) is 125 cm³/mol. The molecule has 0 atom stereocenters. The third-order valence-electron chi connectivity index (χ3n) is 6.12. The van der Waals surface area contributed by atoms with E-state index in [2.05, 4.69) is 11.0 Å². The van der Waals surface area contributed by atoms with Crippen molar-refractivity contribution in [3.8, 4) is 5.75 Å². The number of hydrogen-bond acceptors (Lipinski definition) is 5. The summed E-state index contributed by atoms with van der Waals surface area (Å²) in [4.78, 5) is 16.9. The molecule has 172 valence electrons. The molecule has 0 unspecified atom stereocenters. The largest absolute Gasteiger partial charge is 0.497 e. The third kappa shape index (κ3) is 5.42. The highest BCUT2D eigenvalue weighted by molar-refractivity contribution is 7.89. The van der Waals surface area contributed by atoms with Crippen molar-refractivity contribution in [2.75, 3.05) is 43.9 Å². The quantitative estimate of drug-likeness (QED) is 0.610. The minimum atomic E-state index is -3.65. The van der Waals surface area contributed by atoms with E-state index in [0.717, 1.165) is 29.8 Å². The molecule has 0 N–H and O–H groups in total. The monoisotopic (exact) mass is 457 g/mol. The van der Waals surface area contributed by atoms with Gasteiger partial charge in [-0.1, -0.05) is 24.3 Å². The van der Waals surface area contributed by atoms with Crippen molar-refractivity contribution in [2.24, 2.45) is 0 Å². The lowest BCUT2D eigenvalue weighted by Gasteiger charge is -2.35. The lowest BCUT2D eigenvalue weighted by atomic mass is 10.2. The molecular formula is C24H31N3O4S. The van der Waals surface area contributed by atoms with Gasteiger partial charge >= 0.3 is 0 Å². The summed E-state index contributed by atoms with van der Waals surface area (Å²) >= 11 is 0. The van der Waals surface area contributed by atoms with Crippen molar-refractivity contribution >= 4 is 21.6 Å². The van der Waals surface area contributed by atoms with E-state index < -0.39 is 15.8 Å². The summed E-state index contributed by atoms with van der Waals surface area (Å²) in [6, 6.07) is 15.9. The number of rotatable bonds is 8. The van der Waals surface area contributed by atoms with Gasteiger partial charge in [-0.3, -0.25) is 4.79 Å². The van der Waals surface area contributed by atoms with Gasteiger partial charge in [-0.25, -0.2) is 8.42 Å². The van der Waals surface area contributed by atoms with Crippen molar-refractivity contribution in [3.05, 3.63) is 59.7 Å². The van der Waals surface area contributed by atoms with Gasteiger partial charge in [-0.15, -0.1) is 0 Å². The Kier molecular flexibility index (Phi) is 6.71. The number of carbonyl (C=O) groups excluding carboxylic acids is 1. The van der Waals surface area contributed by atoms with E-state index >= 15 is 0 Å². The number of nitrogens with zero attached hydrogens (tertiary/aromatic N) is 3. The maximum Gasteiger partial charge on any atom is 0.239 e. The minimum Gasteiger partial charge on any atom is -0.497 e. The van der Waals surface area contributed by atoms with Crippen molar-refractivity contribution in [1.82, 2.24) is 9.21 Å². The van der Waals surface area contributed by atoms with Gasteiger partial charge in [0.1, 0.15) is 11.5 Å². The van der Waals surface area contributed by atoms with Gasteiger partial charge in [-0.05, 0) is 55.2 Å². The van der Waals surface area contributed by atoms with Gasteiger partial charge in [0.25, 0.3) is 0 Å². The first-order chi connectivity index (χ1) is 15.4. The summed E-state index contributed by atoms with van der Waals surface area (Å²) in [5, 5.41) is 0. The zero-order valence-corrected chi connectivity index (χ0v) is 19.6. The first-order valence-corrected chi connectivity index (χ1v) is 12.7. The average Bonchev–Trinajstić information content (AvgIpc) is 3.63. The molecule has 0 aromatic heterocycles. The lowest BCUT2D eigenvalue weighted by Crippen LogP contribution is -2.51. The minimum absolute atomic E-state index is 0.137. The SMILES string of the molecule is COc1ccc(CN(C(=O)CS(=O)(=O)N2CCN(c3cccc(C)c3)CC2)C2CC2)cc1. The van der Waals surface area contributed by atoms with Crippen LogP contribution in [0.5, 0.6) is 5.75 Å². The van der Waals surface area contributed by atoms with Gasteiger partial charge < -0.3 is 14.5 Å². The number of benzene rings is 2. The van der Waals surface area contributed by atoms with Gasteiger partial charge in [0.05, 0.1) is 7.11 Å². The molecule has 1 amide bonds. The highest BCUT2D eigenvalue weighted by Crippen LogP contribution is 2.29. The van der Waals surface area contributed by atoms with Crippen LogP contribution in [-0.2, 0) is 21.4 Å². The van der Waals surface area contributed by atoms with Crippen LogP contribution in [0.3, 0.4) is 0 Å². The summed E-state index contributed by atoms with van der Waals surface area (Å²) in [5.41, 5.74) is 3.26. The predicted octanol–water partition coefficient (Wildman–Crippen LogP) is 2.65. The van der Waals surface area contributed by atoms with Crippen molar-refractivity contribution in [2.45, 2.75) is 32.4 Å². The number of sulfonamides is 1. The molecule has 32 heavy (non-hydrogen) atoms. The Labute approximate surface area is 190 Å². The molecular weight excluding hydrogens is 426 g/mol. The first-order valence-electron chi connectivity index (χ1n) is 11.1. The van der Waals surface area contributed by atoms with E-state index in [-0.39, 0.29) is 11.9 Å². The summed E-state index contributed by atoms with van der Waals surface area (Å²) < 4.78 is 32.7. The molecule has 1 heterocycles. The highest BCUT2D eigenvalue weighted by Gasteiger charge is 2.36. The van der Waals surface area contributed by atoms with E-state index in [0.29, 0.717) is 32.7 Å². The van der Waals surface area contributed by atoms with Gasteiger partial charge in [0, 0.05) is 44.5 Å². The maximum absolute atomic E-state index is 13.0. The molecule has 2 aromatic rings. The normalized spacial score (nSPS) is 17.2. The molecule has 1 aliphatic carbocycles. The molecule has 0 spiro atoms. The van der Waals surface area contributed by atoms with Crippen LogP contribution in [0.25, 0.3) is 0 Å². The standard InChI is InChI=1S/C24H31N3O4S/c1-19-4-3-5-22(16-19)25-12-14-26(15-13-25)32(29,30)18-24(28)27(21-8-9-21)17-20-6-10-23(31-2)11-7-20/h3-7,10-11,16,21H,8-9,12-15,17-18H2,1-2H3. The molecule has 2 aliphatic rings. The second kappa shape index (κ2) is 9.50. The number of anilines is 1. The molecule has 2 fully saturated rings. The van der Waals surface area contributed by atoms with E-state index in [1.807, 2.05) is 49.4 Å². The summed E-state index contributed by atoms with van der Waals surface area (Å²) in [6.07, 6.45) is 1.86. The van der Waals surface area contributed by atoms with E-state index in [9.17, 15) is 13.2 Å². The van der Waals surface area contributed by atoms with Gasteiger partial charge in [-0.2, -0.15) is 4.31 Å². The maximum atomic E-state index is 13.0. The summed E-state index contributed by atoms with van der Waals surface area (Å²) in [6.45, 7) is 4.50. The van der Waals surface area contributed by atoms with E-state index in [4.69, 9.17) is 4.74 Å². The number of aryl methyl sites for hydroxylation is 1. The Balaban J connectivity index is 1.36. The molecule has 2 aromatic carbocycles. The van der Waals surface area contributed by atoms with Crippen LogP contribution in [0.2, 0.25) is 0 Å². The molecule has 0 radical (unpaired) electrons. The fraction of sp³-hybridized carbons (Fsp3) is 0.458. The first kappa shape index (κ1) is 22.6. The van der Waals surface area contributed by atoms with Crippen LogP contribution in [-0.4, -0.2) is 68.6 Å². The zero-order chi connectivity index (χ0) is 22.7. The molecule has 1 saturated carbocycles. The zero-order valence-electron chi connectivity index (χ0n) is 18.7. The van der Waals surface area contributed by atoms with Crippen LogP contribution in [0.4, 0.5) is 5.69 Å². The molecule has 1 aliphatic heterocycles. The number of hydrogen-bond donors (Lipinski definition) is 0.